The van der Waals surface area contributed by atoms with E-state index in [0.717, 1.165) is 39.4 Å². The predicted molar refractivity (Wildman–Crippen MR) is 57.6 cm³/mol. The Hall–Kier alpha value is -0.870. The number of hydrogen-bond acceptors (Lipinski definition) is 3. The van der Waals surface area contributed by atoms with Crippen LogP contribution in [0.3, 0.4) is 0 Å². The maximum atomic E-state index is 7.48. The summed E-state index contributed by atoms with van der Waals surface area (Å²) in [6.45, 7) is 11.0. The average Bonchev–Trinajstić information content (AvgIpc) is 2.20. The van der Waals surface area contributed by atoms with Crippen LogP contribution in [0.15, 0.2) is 12.8 Å². The van der Waals surface area contributed by atoms with E-state index in [-0.39, 0.29) is 0 Å². The molecule has 1 rings (SSSR count). The van der Waals surface area contributed by atoms with Crippen LogP contribution in [0.2, 0.25) is 0 Å². The molecule has 0 aliphatic carbocycles. The number of amidine groups is 1. The lowest BCUT2D eigenvalue weighted by atomic mass is 10.4. The molecule has 0 bridgehead atoms. The van der Waals surface area contributed by atoms with Gasteiger partial charge in [0.05, 0.1) is 19.0 Å². The fraction of sp³-hybridized carbons (Fsp3) is 0.700. The molecule has 14 heavy (non-hydrogen) atoms. The first kappa shape index (κ1) is 11.2. The van der Waals surface area contributed by atoms with Gasteiger partial charge in [-0.25, -0.2) is 0 Å². The highest BCUT2D eigenvalue weighted by Gasteiger charge is 2.11. The summed E-state index contributed by atoms with van der Waals surface area (Å²) in [6.07, 6.45) is 1.71. The lowest BCUT2D eigenvalue weighted by molar-refractivity contribution is 0.0369. The van der Waals surface area contributed by atoms with E-state index in [2.05, 4.69) is 11.5 Å². The molecule has 0 aromatic heterocycles. The van der Waals surface area contributed by atoms with E-state index in [1.165, 1.54) is 0 Å². The Morgan fingerprint density at radius 2 is 2.21 bits per heavy atom. The molecule has 4 nitrogen and oxygen atoms in total. The molecule has 1 saturated heterocycles. The summed E-state index contributed by atoms with van der Waals surface area (Å²) in [5.74, 6) is 0.549. The normalized spacial score (nSPS) is 17.8. The number of morpholine rings is 1. The number of hydrogen-bond donors (Lipinski definition) is 1. The predicted octanol–water partition coefficient (Wildman–Crippen LogP) is 0.761. The second kappa shape index (κ2) is 5.78. The molecule has 80 valence electrons. The molecule has 0 amide bonds. The van der Waals surface area contributed by atoms with Crippen LogP contribution in [0.5, 0.6) is 0 Å². The highest BCUT2D eigenvalue weighted by atomic mass is 16.5. The Balaban J connectivity index is 2.23. The van der Waals surface area contributed by atoms with E-state index >= 15 is 0 Å². The van der Waals surface area contributed by atoms with Gasteiger partial charge in [0.1, 0.15) is 0 Å². The van der Waals surface area contributed by atoms with Crippen molar-refractivity contribution >= 4 is 5.84 Å². The van der Waals surface area contributed by atoms with Crippen molar-refractivity contribution in [2.45, 2.75) is 6.92 Å². The van der Waals surface area contributed by atoms with Crippen molar-refractivity contribution in [3.8, 4) is 0 Å². The topological polar surface area (TPSA) is 39.6 Å². The van der Waals surface area contributed by atoms with Crippen molar-refractivity contribution in [2.75, 3.05) is 39.4 Å². The average molecular weight is 197 g/mol. The Bertz CT molecular complexity index is 200. The fourth-order valence-corrected chi connectivity index (χ4v) is 1.47. The lowest BCUT2D eigenvalue weighted by Crippen LogP contribution is -2.41. The number of nitrogens with zero attached hydrogens (tertiary/aromatic N) is 2. The summed E-state index contributed by atoms with van der Waals surface area (Å²) in [7, 11) is 0. The van der Waals surface area contributed by atoms with E-state index in [4.69, 9.17) is 10.1 Å². The van der Waals surface area contributed by atoms with Crippen molar-refractivity contribution in [3.63, 3.8) is 0 Å². The SMILES string of the molecule is C=CN(CCN1CCOCC1)C(C)=N. The van der Waals surface area contributed by atoms with E-state index < -0.39 is 0 Å². The molecule has 0 atom stereocenters. The third-order valence-corrected chi connectivity index (χ3v) is 2.41. The van der Waals surface area contributed by atoms with Gasteiger partial charge < -0.3 is 9.64 Å². The summed E-state index contributed by atoms with van der Waals surface area (Å²) in [5.41, 5.74) is 0. The Kier molecular flexibility index (Phi) is 4.62. The van der Waals surface area contributed by atoms with Crippen molar-refractivity contribution in [2.24, 2.45) is 0 Å². The van der Waals surface area contributed by atoms with Gasteiger partial charge in [-0.15, -0.1) is 0 Å². The fourth-order valence-electron chi connectivity index (χ4n) is 1.47. The maximum absolute atomic E-state index is 7.48. The molecule has 1 N–H and O–H groups in total. The van der Waals surface area contributed by atoms with Crippen molar-refractivity contribution in [1.29, 1.82) is 5.41 Å². The van der Waals surface area contributed by atoms with Crippen LogP contribution in [0.4, 0.5) is 0 Å². The van der Waals surface area contributed by atoms with Crippen LogP contribution in [-0.2, 0) is 4.74 Å². The minimum atomic E-state index is 0.549. The zero-order valence-corrected chi connectivity index (χ0v) is 8.83. The third kappa shape index (κ3) is 3.47. The zero-order valence-electron chi connectivity index (χ0n) is 8.83. The molecule has 0 aromatic carbocycles. The molecule has 1 fully saturated rings. The van der Waals surface area contributed by atoms with E-state index in [0.29, 0.717) is 5.84 Å². The van der Waals surface area contributed by atoms with Crippen molar-refractivity contribution < 1.29 is 4.74 Å². The largest absolute Gasteiger partial charge is 0.379 e. The summed E-state index contributed by atoms with van der Waals surface area (Å²) >= 11 is 0. The van der Waals surface area contributed by atoms with Crippen LogP contribution in [0, 0.1) is 5.41 Å². The molecule has 4 heteroatoms. The smallest absolute Gasteiger partial charge is 0.0966 e. The van der Waals surface area contributed by atoms with Gasteiger partial charge >= 0.3 is 0 Å². The van der Waals surface area contributed by atoms with E-state index in [1.54, 1.807) is 13.1 Å². The molecular formula is C10H19N3O. The van der Waals surface area contributed by atoms with Gasteiger partial charge in [-0.05, 0) is 13.1 Å². The van der Waals surface area contributed by atoms with Gasteiger partial charge in [0.25, 0.3) is 0 Å². The van der Waals surface area contributed by atoms with Crippen molar-refractivity contribution in [1.82, 2.24) is 9.80 Å². The highest BCUT2D eigenvalue weighted by molar-refractivity contribution is 5.77. The Morgan fingerprint density at radius 1 is 1.57 bits per heavy atom. The first-order valence-corrected chi connectivity index (χ1v) is 4.98. The van der Waals surface area contributed by atoms with E-state index in [9.17, 15) is 0 Å². The summed E-state index contributed by atoms with van der Waals surface area (Å²) in [4.78, 5) is 4.21. The summed E-state index contributed by atoms with van der Waals surface area (Å²) < 4.78 is 5.26. The second-order valence-electron chi connectivity index (χ2n) is 3.42. The maximum Gasteiger partial charge on any atom is 0.0966 e. The minimum absolute atomic E-state index is 0.549. The minimum Gasteiger partial charge on any atom is -0.379 e. The molecule has 1 aliphatic heterocycles. The summed E-state index contributed by atoms with van der Waals surface area (Å²) in [5, 5.41) is 7.48. The Morgan fingerprint density at radius 3 is 2.71 bits per heavy atom. The van der Waals surface area contributed by atoms with Gasteiger partial charge in [-0.3, -0.25) is 10.3 Å². The Labute approximate surface area is 85.6 Å². The van der Waals surface area contributed by atoms with Crippen LogP contribution >= 0.6 is 0 Å². The van der Waals surface area contributed by atoms with Gasteiger partial charge in [0.15, 0.2) is 0 Å². The first-order chi connectivity index (χ1) is 6.74. The van der Waals surface area contributed by atoms with Gasteiger partial charge in [-0.1, -0.05) is 6.58 Å². The number of ether oxygens (including phenoxy) is 1. The number of nitrogens with one attached hydrogen (secondary N) is 1. The lowest BCUT2D eigenvalue weighted by Gasteiger charge is -2.29. The zero-order chi connectivity index (χ0) is 10.4. The van der Waals surface area contributed by atoms with Crippen LogP contribution < -0.4 is 0 Å². The molecule has 1 aliphatic rings. The third-order valence-electron chi connectivity index (χ3n) is 2.41. The standard InChI is InChI=1S/C10H19N3O/c1-3-13(10(2)11)5-4-12-6-8-14-9-7-12/h3,11H,1,4-9H2,2H3. The van der Waals surface area contributed by atoms with Gasteiger partial charge in [-0.2, -0.15) is 0 Å². The quantitative estimate of drug-likeness (QED) is 0.534. The molecule has 0 unspecified atom stereocenters. The molecule has 0 spiro atoms. The van der Waals surface area contributed by atoms with Crippen molar-refractivity contribution in [3.05, 3.63) is 12.8 Å². The van der Waals surface area contributed by atoms with Crippen LogP contribution in [0.25, 0.3) is 0 Å². The van der Waals surface area contributed by atoms with E-state index in [1.807, 2.05) is 4.90 Å². The highest BCUT2D eigenvalue weighted by Crippen LogP contribution is 1.98. The number of rotatable bonds is 4. The summed E-state index contributed by atoms with van der Waals surface area (Å²) in [6, 6.07) is 0. The van der Waals surface area contributed by atoms with Crippen LogP contribution in [-0.4, -0.2) is 55.0 Å². The second-order valence-corrected chi connectivity index (χ2v) is 3.42. The first-order valence-electron chi connectivity index (χ1n) is 4.98. The molecule has 1 heterocycles. The molecule has 0 radical (unpaired) electrons. The molecular weight excluding hydrogens is 178 g/mol. The molecule has 0 saturated carbocycles. The van der Waals surface area contributed by atoms with Gasteiger partial charge in [0, 0.05) is 26.2 Å². The monoisotopic (exact) mass is 197 g/mol. The van der Waals surface area contributed by atoms with Crippen LogP contribution in [0.1, 0.15) is 6.92 Å². The molecule has 0 aromatic rings. The van der Waals surface area contributed by atoms with Gasteiger partial charge in [0.2, 0.25) is 0 Å².